The van der Waals surface area contributed by atoms with Crippen LogP contribution in [0.15, 0.2) is 30.3 Å². The van der Waals surface area contributed by atoms with Crippen molar-refractivity contribution < 1.29 is 23.7 Å². The number of hydrogen-bond acceptors (Lipinski definition) is 5. The normalized spacial score (nSPS) is 34.8. The van der Waals surface area contributed by atoms with Gasteiger partial charge in [0.1, 0.15) is 0 Å². The predicted octanol–water partition coefficient (Wildman–Crippen LogP) is 2.11. The Morgan fingerprint density at radius 2 is 1.90 bits per heavy atom. The second kappa shape index (κ2) is 4.84. The summed E-state index contributed by atoms with van der Waals surface area (Å²) < 4.78 is 22.6. The van der Waals surface area contributed by atoms with Gasteiger partial charge in [0.15, 0.2) is 24.3 Å². The van der Waals surface area contributed by atoms with Crippen molar-refractivity contribution in [2.75, 3.05) is 0 Å². The van der Waals surface area contributed by atoms with E-state index in [-0.39, 0.29) is 18.2 Å². The Morgan fingerprint density at radius 1 is 1.20 bits per heavy atom. The van der Waals surface area contributed by atoms with Crippen LogP contribution in [0.5, 0.6) is 0 Å². The number of rotatable bonds is 2. The summed E-state index contributed by atoms with van der Waals surface area (Å²) in [7, 11) is 0. The molecule has 0 N–H and O–H groups in total. The van der Waals surface area contributed by atoms with Gasteiger partial charge in [-0.1, -0.05) is 18.2 Å². The molecule has 108 valence electrons. The Labute approximate surface area is 117 Å². The van der Waals surface area contributed by atoms with Crippen LogP contribution >= 0.6 is 0 Å². The number of ether oxygens (including phenoxy) is 4. The molecule has 0 spiro atoms. The van der Waals surface area contributed by atoms with E-state index in [4.69, 9.17) is 18.9 Å². The van der Waals surface area contributed by atoms with Gasteiger partial charge in [0.05, 0.1) is 11.7 Å². The van der Waals surface area contributed by atoms with Crippen LogP contribution in [0.2, 0.25) is 0 Å². The van der Waals surface area contributed by atoms with E-state index < -0.39 is 18.2 Å². The molecule has 0 saturated carbocycles. The molecule has 0 aromatic heterocycles. The summed E-state index contributed by atoms with van der Waals surface area (Å²) in [6, 6.07) is 8.88. The molecule has 0 unspecified atom stereocenters. The quantitative estimate of drug-likeness (QED) is 0.775. The van der Waals surface area contributed by atoms with Crippen LogP contribution in [0.1, 0.15) is 31.1 Å². The van der Waals surface area contributed by atoms with E-state index in [0.29, 0.717) is 5.56 Å². The van der Waals surface area contributed by atoms with Crippen LogP contribution in [0.4, 0.5) is 0 Å². The first kappa shape index (κ1) is 13.5. The van der Waals surface area contributed by atoms with Gasteiger partial charge in [-0.05, 0) is 32.9 Å². The molecular formula is C15H18O5. The van der Waals surface area contributed by atoms with Crippen LogP contribution in [0, 0.1) is 0 Å². The Morgan fingerprint density at radius 3 is 2.60 bits per heavy atom. The van der Waals surface area contributed by atoms with Gasteiger partial charge in [-0.2, -0.15) is 0 Å². The molecule has 2 saturated heterocycles. The Balaban J connectivity index is 1.72. The second-order valence-corrected chi connectivity index (χ2v) is 5.55. The van der Waals surface area contributed by atoms with Gasteiger partial charge in [-0.25, -0.2) is 4.79 Å². The highest BCUT2D eigenvalue weighted by atomic mass is 16.8. The first-order valence-electron chi connectivity index (χ1n) is 6.73. The fraction of sp³-hybridized carbons (Fsp3) is 0.533. The summed E-state index contributed by atoms with van der Waals surface area (Å²) in [5.74, 6) is -1.09. The number of carbonyl (C=O) groups excluding carboxylic acids is 1. The third-order valence-electron chi connectivity index (χ3n) is 3.48. The molecule has 4 atom stereocenters. The van der Waals surface area contributed by atoms with E-state index in [0.717, 1.165) is 0 Å². The van der Waals surface area contributed by atoms with Crippen LogP contribution in [0.25, 0.3) is 0 Å². The zero-order valence-electron chi connectivity index (χ0n) is 11.7. The van der Waals surface area contributed by atoms with Gasteiger partial charge in [0, 0.05) is 0 Å². The van der Waals surface area contributed by atoms with Crippen molar-refractivity contribution in [1.82, 2.24) is 0 Å². The lowest BCUT2D eigenvalue weighted by Crippen LogP contribution is -2.37. The lowest BCUT2D eigenvalue weighted by atomic mass is 10.1. The summed E-state index contributed by atoms with van der Waals surface area (Å²) >= 11 is 0. The topological polar surface area (TPSA) is 54.0 Å². The number of benzene rings is 1. The summed E-state index contributed by atoms with van der Waals surface area (Å²) in [6.45, 7) is 5.48. The van der Waals surface area contributed by atoms with E-state index in [1.807, 2.05) is 26.8 Å². The number of carbonyl (C=O) groups is 1. The molecule has 5 nitrogen and oxygen atoms in total. The molecule has 2 heterocycles. The number of fused-ring (bicyclic) bond motifs is 1. The summed E-state index contributed by atoms with van der Waals surface area (Å²) in [6.07, 6.45) is -1.58. The highest BCUT2D eigenvalue weighted by molar-refractivity contribution is 5.89. The summed E-state index contributed by atoms with van der Waals surface area (Å²) in [4.78, 5) is 12.1. The maximum absolute atomic E-state index is 12.1. The highest BCUT2D eigenvalue weighted by Gasteiger charge is 2.55. The molecule has 3 rings (SSSR count). The first-order chi connectivity index (χ1) is 9.46. The van der Waals surface area contributed by atoms with E-state index in [1.165, 1.54) is 0 Å². The lowest BCUT2D eigenvalue weighted by Gasteiger charge is -2.23. The van der Waals surface area contributed by atoms with E-state index in [1.54, 1.807) is 24.3 Å². The Bertz CT molecular complexity index is 498. The van der Waals surface area contributed by atoms with Crippen LogP contribution in [0.3, 0.4) is 0 Å². The fourth-order valence-corrected chi connectivity index (χ4v) is 2.57. The van der Waals surface area contributed by atoms with Crippen molar-refractivity contribution in [1.29, 1.82) is 0 Å². The molecule has 1 aromatic carbocycles. The van der Waals surface area contributed by atoms with Crippen molar-refractivity contribution in [3.63, 3.8) is 0 Å². The minimum Gasteiger partial charge on any atom is -0.453 e. The van der Waals surface area contributed by atoms with Gasteiger partial charge in [0.2, 0.25) is 0 Å². The maximum atomic E-state index is 12.1. The summed E-state index contributed by atoms with van der Waals surface area (Å²) in [5.41, 5.74) is 0.515. The Hall–Kier alpha value is -1.43. The average molecular weight is 278 g/mol. The van der Waals surface area contributed by atoms with Gasteiger partial charge < -0.3 is 18.9 Å². The SMILES string of the molecule is C[C@H]1O[C@@H]2OC(C)(C)O[C@@H]2[C@H]1OC(=O)c1ccccc1. The third-order valence-corrected chi connectivity index (χ3v) is 3.48. The zero-order chi connectivity index (χ0) is 14.3. The highest BCUT2D eigenvalue weighted by Crippen LogP contribution is 2.38. The van der Waals surface area contributed by atoms with Crippen LogP contribution in [-0.4, -0.2) is 36.4 Å². The minimum absolute atomic E-state index is 0.256. The molecule has 2 aliphatic rings. The van der Waals surface area contributed by atoms with Gasteiger partial charge in [-0.3, -0.25) is 0 Å². The minimum atomic E-state index is -0.715. The average Bonchev–Trinajstić information content (AvgIpc) is 2.84. The van der Waals surface area contributed by atoms with Crippen LogP contribution < -0.4 is 0 Å². The molecule has 1 aromatic rings. The van der Waals surface area contributed by atoms with E-state index >= 15 is 0 Å². The van der Waals surface area contributed by atoms with Crippen molar-refractivity contribution in [3.8, 4) is 0 Å². The molecule has 5 heteroatoms. The summed E-state index contributed by atoms with van der Waals surface area (Å²) in [5, 5.41) is 0. The van der Waals surface area contributed by atoms with Crippen LogP contribution in [-0.2, 0) is 18.9 Å². The smallest absolute Gasteiger partial charge is 0.338 e. The molecule has 0 bridgehead atoms. The maximum Gasteiger partial charge on any atom is 0.338 e. The van der Waals surface area contributed by atoms with Crippen molar-refractivity contribution in [2.24, 2.45) is 0 Å². The molecule has 0 amide bonds. The molecule has 0 radical (unpaired) electrons. The molecule has 0 aliphatic carbocycles. The van der Waals surface area contributed by atoms with Gasteiger partial charge in [-0.15, -0.1) is 0 Å². The standard InChI is InChI=1S/C15H18O5/c1-9-11(12-14(17-9)20-15(2,3)19-12)18-13(16)10-7-5-4-6-8-10/h4-9,11-12,14H,1-3H3/t9-,11+,12-,14-/m1/s1. The van der Waals surface area contributed by atoms with Gasteiger partial charge >= 0.3 is 5.97 Å². The number of hydrogen-bond donors (Lipinski definition) is 0. The largest absolute Gasteiger partial charge is 0.453 e. The van der Waals surface area contributed by atoms with Crippen molar-refractivity contribution >= 4 is 5.97 Å². The van der Waals surface area contributed by atoms with Crippen molar-refractivity contribution in [3.05, 3.63) is 35.9 Å². The number of esters is 1. The second-order valence-electron chi connectivity index (χ2n) is 5.55. The van der Waals surface area contributed by atoms with Crippen molar-refractivity contribution in [2.45, 2.75) is 51.2 Å². The van der Waals surface area contributed by atoms with E-state index in [9.17, 15) is 4.79 Å². The molecular weight excluding hydrogens is 260 g/mol. The fourth-order valence-electron chi connectivity index (χ4n) is 2.57. The van der Waals surface area contributed by atoms with Gasteiger partial charge in [0.25, 0.3) is 0 Å². The molecule has 2 aliphatic heterocycles. The molecule has 20 heavy (non-hydrogen) atoms. The lowest BCUT2D eigenvalue weighted by molar-refractivity contribution is -0.212. The monoisotopic (exact) mass is 278 g/mol. The zero-order valence-corrected chi connectivity index (χ0v) is 11.7. The molecule has 2 fully saturated rings. The Kier molecular flexibility index (Phi) is 3.28. The third kappa shape index (κ3) is 2.44. The predicted molar refractivity (Wildman–Crippen MR) is 70.0 cm³/mol. The first-order valence-corrected chi connectivity index (χ1v) is 6.73. The van der Waals surface area contributed by atoms with E-state index in [2.05, 4.69) is 0 Å².